The summed E-state index contributed by atoms with van der Waals surface area (Å²) in [6.45, 7) is 2.98. The predicted molar refractivity (Wildman–Crippen MR) is 86.8 cm³/mol. The number of hydrogen-bond donors (Lipinski definition) is 1. The molecule has 2 aliphatic heterocycles. The molecular weight excluding hydrogens is 326 g/mol. The molecule has 0 spiro atoms. The number of rotatable bonds is 2. The smallest absolute Gasteiger partial charge is 0.243 e. The molecule has 0 saturated carbocycles. The van der Waals surface area contributed by atoms with Gasteiger partial charge in [0.1, 0.15) is 0 Å². The third-order valence-corrected chi connectivity index (χ3v) is 6.01. The van der Waals surface area contributed by atoms with E-state index in [0.717, 1.165) is 11.3 Å². The van der Waals surface area contributed by atoms with Crippen molar-refractivity contribution in [2.24, 2.45) is 5.73 Å². The molecule has 1 fully saturated rings. The second-order valence-electron chi connectivity index (χ2n) is 5.62. The van der Waals surface area contributed by atoms with E-state index in [9.17, 15) is 13.2 Å². The van der Waals surface area contributed by atoms with Gasteiger partial charge in [-0.25, -0.2) is 8.42 Å². The van der Waals surface area contributed by atoms with E-state index in [1.54, 1.807) is 23.1 Å². The lowest BCUT2D eigenvalue weighted by Crippen LogP contribution is -2.32. The van der Waals surface area contributed by atoms with Crippen molar-refractivity contribution in [2.75, 3.05) is 24.5 Å². The number of benzene rings is 1. The lowest BCUT2D eigenvalue weighted by Gasteiger charge is -2.18. The SMILES string of the molecule is CC(=O)N1CCc2cc(S(=O)(=O)N3CC[C@@H](N)C3)ccc21.Cl. The van der Waals surface area contributed by atoms with Crippen LogP contribution in [0.4, 0.5) is 5.69 Å². The van der Waals surface area contributed by atoms with Crippen LogP contribution in [0.2, 0.25) is 0 Å². The maximum absolute atomic E-state index is 12.6. The van der Waals surface area contributed by atoms with Gasteiger partial charge in [-0.05, 0) is 36.6 Å². The highest BCUT2D eigenvalue weighted by molar-refractivity contribution is 7.89. The van der Waals surface area contributed by atoms with Gasteiger partial charge in [0.25, 0.3) is 0 Å². The summed E-state index contributed by atoms with van der Waals surface area (Å²) in [6.07, 6.45) is 1.39. The minimum atomic E-state index is -3.48. The number of anilines is 1. The van der Waals surface area contributed by atoms with Crippen LogP contribution in [0.3, 0.4) is 0 Å². The number of carbonyl (C=O) groups is 1. The Bertz CT molecular complexity index is 693. The topological polar surface area (TPSA) is 83.7 Å². The highest BCUT2D eigenvalue weighted by atomic mass is 35.5. The standard InChI is InChI=1S/C14H19N3O3S.ClH/c1-10(18)17-7-4-11-8-13(2-3-14(11)17)21(19,20)16-6-5-12(15)9-16;/h2-3,8,12H,4-7,9,15H2,1H3;1H/t12-;/m1./s1. The summed E-state index contributed by atoms with van der Waals surface area (Å²) >= 11 is 0. The fourth-order valence-corrected chi connectivity index (χ4v) is 4.55. The summed E-state index contributed by atoms with van der Waals surface area (Å²) < 4.78 is 26.6. The number of sulfonamides is 1. The van der Waals surface area contributed by atoms with Crippen molar-refractivity contribution in [1.82, 2.24) is 4.31 Å². The first-order valence-electron chi connectivity index (χ1n) is 7.06. The quantitative estimate of drug-likeness (QED) is 0.856. The molecule has 0 unspecified atom stereocenters. The summed E-state index contributed by atoms with van der Waals surface area (Å²) in [7, 11) is -3.48. The van der Waals surface area contributed by atoms with E-state index >= 15 is 0 Å². The number of nitrogens with zero attached hydrogens (tertiary/aromatic N) is 2. The van der Waals surface area contributed by atoms with Crippen LogP contribution in [-0.4, -0.2) is 44.3 Å². The van der Waals surface area contributed by atoms with E-state index in [2.05, 4.69) is 0 Å². The Morgan fingerprint density at radius 3 is 2.64 bits per heavy atom. The van der Waals surface area contributed by atoms with Crippen molar-refractivity contribution in [3.8, 4) is 0 Å². The predicted octanol–water partition coefficient (Wildman–Crippen LogP) is 0.739. The first kappa shape index (κ1) is 17.2. The number of nitrogens with two attached hydrogens (primary N) is 1. The zero-order valence-corrected chi connectivity index (χ0v) is 14.0. The zero-order chi connectivity index (χ0) is 15.2. The molecule has 2 aliphatic rings. The van der Waals surface area contributed by atoms with E-state index in [1.165, 1.54) is 11.2 Å². The van der Waals surface area contributed by atoms with Gasteiger partial charge < -0.3 is 10.6 Å². The van der Waals surface area contributed by atoms with Gasteiger partial charge in [-0.2, -0.15) is 4.31 Å². The highest BCUT2D eigenvalue weighted by Crippen LogP contribution is 2.31. The van der Waals surface area contributed by atoms with Gasteiger partial charge in [0.05, 0.1) is 4.90 Å². The number of carbonyl (C=O) groups excluding carboxylic acids is 1. The van der Waals surface area contributed by atoms with Gasteiger partial charge in [0.2, 0.25) is 15.9 Å². The van der Waals surface area contributed by atoms with Crippen molar-refractivity contribution in [1.29, 1.82) is 0 Å². The van der Waals surface area contributed by atoms with E-state index in [-0.39, 0.29) is 24.4 Å². The normalized spacial score (nSPS) is 21.5. The van der Waals surface area contributed by atoms with Crippen LogP contribution in [-0.2, 0) is 21.2 Å². The molecule has 0 aliphatic carbocycles. The lowest BCUT2D eigenvalue weighted by atomic mass is 10.2. The molecule has 0 radical (unpaired) electrons. The molecule has 122 valence electrons. The van der Waals surface area contributed by atoms with Crippen molar-refractivity contribution in [3.63, 3.8) is 0 Å². The molecule has 1 aromatic carbocycles. The van der Waals surface area contributed by atoms with Crippen LogP contribution >= 0.6 is 12.4 Å². The molecule has 3 rings (SSSR count). The van der Waals surface area contributed by atoms with Gasteiger partial charge in [-0.1, -0.05) is 0 Å². The van der Waals surface area contributed by atoms with Gasteiger partial charge in [-0.3, -0.25) is 4.79 Å². The van der Waals surface area contributed by atoms with Crippen molar-refractivity contribution in [3.05, 3.63) is 23.8 Å². The molecule has 0 bridgehead atoms. The Balaban J connectivity index is 0.00000176. The van der Waals surface area contributed by atoms with E-state index < -0.39 is 10.0 Å². The summed E-state index contributed by atoms with van der Waals surface area (Å²) in [4.78, 5) is 13.5. The van der Waals surface area contributed by atoms with Crippen LogP contribution in [0.1, 0.15) is 18.9 Å². The molecule has 1 aromatic rings. The molecule has 0 aromatic heterocycles. The molecule has 1 amide bonds. The second-order valence-corrected chi connectivity index (χ2v) is 7.56. The Morgan fingerprint density at radius 2 is 2.05 bits per heavy atom. The van der Waals surface area contributed by atoms with Crippen LogP contribution in [0.5, 0.6) is 0 Å². The summed E-state index contributed by atoms with van der Waals surface area (Å²) in [6, 6.07) is 4.92. The average Bonchev–Trinajstić information content (AvgIpc) is 3.03. The zero-order valence-electron chi connectivity index (χ0n) is 12.4. The minimum absolute atomic E-state index is 0. The molecule has 6 nitrogen and oxygen atoms in total. The average molecular weight is 346 g/mol. The third-order valence-electron chi connectivity index (χ3n) is 4.15. The maximum atomic E-state index is 12.6. The fraction of sp³-hybridized carbons (Fsp3) is 0.500. The van der Waals surface area contributed by atoms with Gasteiger partial charge in [0.15, 0.2) is 0 Å². The van der Waals surface area contributed by atoms with Crippen LogP contribution in [0.15, 0.2) is 23.1 Å². The molecule has 22 heavy (non-hydrogen) atoms. The van der Waals surface area contributed by atoms with Crippen LogP contribution in [0, 0.1) is 0 Å². The fourth-order valence-electron chi connectivity index (χ4n) is 2.99. The summed E-state index contributed by atoms with van der Waals surface area (Å²) in [5, 5.41) is 0. The number of halogens is 1. The van der Waals surface area contributed by atoms with E-state index in [0.29, 0.717) is 37.4 Å². The lowest BCUT2D eigenvalue weighted by molar-refractivity contribution is -0.116. The first-order chi connectivity index (χ1) is 9.89. The minimum Gasteiger partial charge on any atom is -0.326 e. The number of fused-ring (bicyclic) bond motifs is 1. The molecule has 2 heterocycles. The molecule has 2 N–H and O–H groups in total. The Kier molecular flexibility index (Phi) is 4.81. The summed E-state index contributed by atoms with van der Waals surface area (Å²) in [5.74, 6) is -0.0186. The van der Waals surface area contributed by atoms with Gasteiger partial charge in [0, 0.05) is 38.3 Å². The third kappa shape index (κ3) is 2.86. The number of amides is 1. The van der Waals surface area contributed by atoms with Gasteiger partial charge in [-0.15, -0.1) is 12.4 Å². The van der Waals surface area contributed by atoms with Crippen LogP contribution < -0.4 is 10.6 Å². The molecule has 1 saturated heterocycles. The molecule has 8 heteroatoms. The largest absolute Gasteiger partial charge is 0.326 e. The highest BCUT2D eigenvalue weighted by Gasteiger charge is 2.32. The molecular formula is C14H20ClN3O3S. The van der Waals surface area contributed by atoms with Crippen LogP contribution in [0.25, 0.3) is 0 Å². The first-order valence-corrected chi connectivity index (χ1v) is 8.50. The van der Waals surface area contributed by atoms with Gasteiger partial charge >= 0.3 is 0 Å². The van der Waals surface area contributed by atoms with Crippen molar-refractivity contribution in [2.45, 2.75) is 30.7 Å². The maximum Gasteiger partial charge on any atom is 0.243 e. The molecule has 1 atom stereocenters. The van der Waals surface area contributed by atoms with E-state index in [4.69, 9.17) is 5.73 Å². The van der Waals surface area contributed by atoms with Crippen molar-refractivity contribution >= 4 is 34.0 Å². The number of hydrogen-bond acceptors (Lipinski definition) is 4. The monoisotopic (exact) mass is 345 g/mol. The second kappa shape index (κ2) is 6.16. The Hall–Kier alpha value is -1.15. The summed E-state index contributed by atoms with van der Waals surface area (Å²) in [5.41, 5.74) is 7.52. The van der Waals surface area contributed by atoms with E-state index in [1.807, 2.05) is 0 Å². The van der Waals surface area contributed by atoms with Crippen molar-refractivity contribution < 1.29 is 13.2 Å². The Morgan fingerprint density at radius 1 is 1.32 bits per heavy atom. The Labute approximate surface area is 136 Å².